The second-order valence-corrected chi connectivity index (χ2v) is 14.8. The fraction of sp³-hybridized carbons (Fsp3) is 0.359. The molecule has 5 aromatic rings. The molecule has 56 heavy (non-hydrogen) atoms. The van der Waals surface area contributed by atoms with E-state index in [0.29, 0.717) is 47.6 Å². The number of benzene rings is 2. The Hall–Kier alpha value is -5.81. The first-order valence-corrected chi connectivity index (χ1v) is 19.8. The minimum Gasteiger partial charge on any atom is -0.593 e. The molecule has 2 atom stereocenters. The lowest BCUT2D eigenvalue weighted by Crippen LogP contribution is -2.41. The number of anilines is 2. The fourth-order valence-electron chi connectivity index (χ4n) is 6.76. The number of carbonyl (C=O) groups is 4. The Morgan fingerprint density at radius 2 is 1.86 bits per heavy atom. The molecule has 0 bridgehead atoms. The van der Waals surface area contributed by atoms with Crippen LogP contribution in [0.5, 0.6) is 5.75 Å². The lowest BCUT2D eigenvalue weighted by atomic mass is 10.0. The molecule has 4 N–H and O–H groups in total. The molecule has 15 nitrogen and oxygen atoms in total. The van der Waals surface area contributed by atoms with Crippen LogP contribution in [0.1, 0.15) is 72.6 Å². The number of rotatable bonds is 19. The number of fused-ring (bicyclic) bond motifs is 2. The number of aromatic nitrogens is 5. The predicted octanol–water partition coefficient (Wildman–Crippen LogP) is 5.03. The monoisotopic (exact) mass is 785 g/mol. The first-order valence-electron chi connectivity index (χ1n) is 18.4. The van der Waals surface area contributed by atoms with Gasteiger partial charge in [-0.05, 0) is 50.5 Å². The van der Waals surface area contributed by atoms with Gasteiger partial charge < -0.3 is 25.1 Å². The number of nitrogens with two attached hydrogens (primary N) is 1. The maximum Gasteiger partial charge on any atom is 0.265 e. The van der Waals surface area contributed by atoms with Crippen molar-refractivity contribution in [3.8, 4) is 28.1 Å². The average Bonchev–Trinajstić information content (AvgIpc) is 3.89. The summed E-state index contributed by atoms with van der Waals surface area (Å²) >= 11 is -1.38. The molecule has 0 aliphatic carbocycles. The molecule has 2 aromatic carbocycles. The quantitative estimate of drug-likeness (QED) is 0.0439. The van der Waals surface area contributed by atoms with Gasteiger partial charge in [0.05, 0.1) is 52.2 Å². The van der Waals surface area contributed by atoms with Crippen molar-refractivity contribution in [3.63, 3.8) is 0 Å². The smallest absolute Gasteiger partial charge is 0.265 e. The Kier molecular flexibility index (Phi) is 12.6. The lowest BCUT2D eigenvalue weighted by molar-refractivity contribution is -0.121. The number of halogens is 1. The molecule has 0 saturated carbocycles. The van der Waals surface area contributed by atoms with E-state index in [9.17, 15) is 28.1 Å². The summed E-state index contributed by atoms with van der Waals surface area (Å²) in [6, 6.07) is 8.36. The zero-order valence-corrected chi connectivity index (χ0v) is 32.2. The summed E-state index contributed by atoms with van der Waals surface area (Å²) in [5.74, 6) is -1.11. The van der Waals surface area contributed by atoms with Crippen LogP contribution in [0.2, 0.25) is 0 Å². The number of nitrogens with one attached hydrogen (secondary N) is 2. The molecule has 0 saturated heterocycles. The van der Waals surface area contributed by atoms with Crippen LogP contribution in [0, 0.1) is 5.82 Å². The number of aldehydes is 1. The molecule has 3 aromatic heterocycles. The number of hydrogen-bond acceptors (Lipinski definition) is 11. The van der Waals surface area contributed by atoms with Crippen LogP contribution >= 0.6 is 0 Å². The number of unbranched alkanes of at least 4 members (excludes halogenated alkanes) is 4. The number of nitrogen functional groups attached to an aromatic ring is 1. The van der Waals surface area contributed by atoms with Gasteiger partial charge in [0.15, 0.2) is 5.82 Å². The summed E-state index contributed by atoms with van der Waals surface area (Å²) in [4.78, 5) is 55.2. The van der Waals surface area contributed by atoms with Gasteiger partial charge in [0.1, 0.15) is 35.0 Å². The van der Waals surface area contributed by atoms with E-state index < -0.39 is 35.0 Å². The van der Waals surface area contributed by atoms with Gasteiger partial charge in [0.2, 0.25) is 5.91 Å². The van der Waals surface area contributed by atoms with Crippen LogP contribution in [0.3, 0.4) is 0 Å². The summed E-state index contributed by atoms with van der Waals surface area (Å²) in [5.41, 5.74) is 10.2. The Labute approximate surface area is 326 Å². The SMILES string of the molecule is CC[S+]([O-])Nc1ccc(-c2nn(C)c3c(-c4cnn(CCCCCCCOc5cccc6c5C(=O)N(C(C=O)CCC(=O)NC)C6=O)c4)cnc(N)c23)cc1F. The molecule has 0 fully saturated rings. The number of carbonyl (C=O) groups excluding carboxylic acids is 4. The molecule has 1 aliphatic rings. The Bertz CT molecular complexity index is 2260. The molecule has 1 aliphatic heterocycles. The molecule has 3 amide bonds. The van der Waals surface area contributed by atoms with Crippen LogP contribution in [-0.2, 0) is 34.5 Å². The highest BCUT2D eigenvalue weighted by Crippen LogP contribution is 2.38. The first kappa shape index (κ1) is 39.9. The zero-order valence-electron chi connectivity index (χ0n) is 31.4. The van der Waals surface area contributed by atoms with Gasteiger partial charge >= 0.3 is 0 Å². The normalized spacial score (nSPS) is 13.6. The van der Waals surface area contributed by atoms with Crippen molar-refractivity contribution in [1.82, 2.24) is 34.8 Å². The van der Waals surface area contributed by atoms with Gasteiger partial charge in [-0.2, -0.15) is 10.2 Å². The van der Waals surface area contributed by atoms with Crippen LogP contribution in [0.4, 0.5) is 15.9 Å². The van der Waals surface area contributed by atoms with E-state index in [1.54, 1.807) is 49.2 Å². The van der Waals surface area contributed by atoms with E-state index in [0.717, 1.165) is 53.6 Å². The van der Waals surface area contributed by atoms with Gasteiger partial charge in [0.25, 0.3) is 11.8 Å². The third kappa shape index (κ3) is 8.38. The van der Waals surface area contributed by atoms with Gasteiger partial charge in [-0.15, -0.1) is 0 Å². The summed E-state index contributed by atoms with van der Waals surface area (Å²) < 4.78 is 39.1. The number of imide groups is 1. The fourth-order valence-corrected chi connectivity index (χ4v) is 7.31. The number of ether oxygens (including phenoxy) is 1. The van der Waals surface area contributed by atoms with Crippen molar-refractivity contribution in [2.45, 2.75) is 64.5 Å². The third-order valence-corrected chi connectivity index (χ3v) is 10.7. The van der Waals surface area contributed by atoms with Gasteiger partial charge in [0, 0.05) is 56.1 Å². The van der Waals surface area contributed by atoms with Crippen LogP contribution < -0.4 is 20.5 Å². The van der Waals surface area contributed by atoms with Gasteiger partial charge in [-0.3, -0.25) is 28.6 Å². The van der Waals surface area contributed by atoms with Gasteiger partial charge in [-0.1, -0.05) is 31.4 Å². The standard InChI is InChI=1S/C39H44FN9O6S/c1-4-56(54)46-30-15-13-24(19-29(30)40)35-34-36(47(3)45-35)28(21-43-37(34)41)25-20-44-48(22-25)17-8-6-5-7-9-18-55-31-12-10-11-27-33(31)39(53)49(38(27)52)26(23-50)14-16-32(51)42-2/h10-13,15,19-23,26,46H,4-9,14,16-18H2,1-3H3,(H2,41,43)(H,42,51). The average molecular weight is 786 g/mol. The molecular formula is C39H44FN9O6S. The van der Waals surface area contributed by atoms with Crippen molar-refractivity contribution < 1.29 is 32.9 Å². The van der Waals surface area contributed by atoms with E-state index in [1.165, 1.54) is 25.2 Å². The minimum absolute atomic E-state index is 0.00364. The highest BCUT2D eigenvalue weighted by atomic mass is 32.2. The second kappa shape index (κ2) is 17.8. The molecule has 0 spiro atoms. The summed E-state index contributed by atoms with van der Waals surface area (Å²) in [7, 11) is 3.28. The predicted molar refractivity (Wildman–Crippen MR) is 211 cm³/mol. The lowest BCUT2D eigenvalue weighted by Gasteiger charge is -2.21. The van der Waals surface area contributed by atoms with E-state index in [4.69, 9.17) is 10.5 Å². The van der Waals surface area contributed by atoms with Crippen molar-refractivity contribution in [2.24, 2.45) is 7.05 Å². The third-order valence-electron chi connectivity index (χ3n) is 9.70. The summed E-state index contributed by atoms with van der Waals surface area (Å²) in [6.45, 7) is 2.80. The molecular weight excluding hydrogens is 742 g/mol. The molecule has 6 rings (SSSR count). The number of nitrogens with zero attached hydrogens (tertiary/aromatic N) is 6. The van der Waals surface area contributed by atoms with Crippen LogP contribution in [-0.4, -0.2) is 83.5 Å². The van der Waals surface area contributed by atoms with Crippen molar-refractivity contribution in [1.29, 1.82) is 0 Å². The molecule has 17 heteroatoms. The van der Waals surface area contributed by atoms with Gasteiger partial charge in [-0.25, -0.2) is 14.1 Å². The topological polar surface area (TPSA) is 202 Å². The molecule has 294 valence electrons. The summed E-state index contributed by atoms with van der Waals surface area (Å²) in [6.07, 6.45) is 10.4. The van der Waals surface area contributed by atoms with E-state index in [2.05, 4.69) is 25.2 Å². The van der Waals surface area contributed by atoms with E-state index >= 15 is 0 Å². The maximum atomic E-state index is 15.0. The Balaban J connectivity index is 1.00. The Morgan fingerprint density at radius 3 is 2.61 bits per heavy atom. The van der Waals surface area contributed by atoms with E-state index in [-0.39, 0.29) is 41.4 Å². The number of aryl methyl sites for hydroxylation is 2. The largest absolute Gasteiger partial charge is 0.593 e. The highest BCUT2D eigenvalue weighted by Gasteiger charge is 2.42. The second-order valence-electron chi connectivity index (χ2n) is 13.4. The first-order chi connectivity index (χ1) is 27.1. The number of hydrogen-bond donors (Lipinski definition) is 3. The number of amides is 3. The highest BCUT2D eigenvalue weighted by molar-refractivity contribution is 7.92. The molecule has 4 heterocycles. The molecule has 0 radical (unpaired) electrons. The Morgan fingerprint density at radius 1 is 1.07 bits per heavy atom. The summed E-state index contributed by atoms with van der Waals surface area (Å²) in [5, 5.41) is 12.3. The zero-order chi connectivity index (χ0) is 39.9. The van der Waals surface area contributed by atoms with E-state index in [1.807, 2.05) is 10.9 Å². The minimum atomic E-state index is -1.38. The van der Waals surface area contributed by atoms with Crippen molar-refractivity contribution in [2.75, 3.05) is 29.9 Å². The van der Waals surface area contributed by atoms with Crippen molar-refractivity contribution >= 4 is 57.8 Å². The number of pyridine rings is 1. The molecule has 2 unspecified atom stereocenters. The van der Waals surface area contributed by atoms with Crippen LogP contribution in [0.15, 0.2) is 55.0 Å². The van der Waals surface area contributed by atoms with Crippen LogP contribution in [0.25, 0.3) is 33.3 Å². The van der Waals surface area contributed by atoms with Crippen molar-refractivity contribution in [3.05, 3.63) is 71.9 Å². The maximum absolute atomic E-state index is 15.0.